The highest BCUT2D eigenvalue weighted by Crippen LogP contribution is 2.40. The first-order valence-electron chi connectivity index (χ1n) is 11.0. The number of carbonyl (C=O) groups excluding carboxylic acids is 2. The van der Waals surface area contributed by atoms with E-state index in [1.807, 2.05) is 0 Å². The summed E-state index contributed by atoms with van der Waals surface area (Å²) in [6, 6.07) is 9.23. The van der Waals surface area contributed by atoms with Gasteiger partial charge in [0.2, 0.25) is 5.78 Å². The van der Waals surface area contributed by atoms with E-state index >= 15 is 0 Å². The molecule has 1 unspecified atom stereocenters. The Morgan fingerprint density at radius 1 is 1.03 bits per heavy atom. The van der Waals surface area contributed by atoms with E-state index in [-0.39, 0.29) is 16.9 Å². The predicted molar refractivity (Wildman–Crippen MR) is 126 cm³/mol. The van der Waals surface area contributed by atoms with Gasteiger partial charge in [-0.1, -0.05) is 0 Å². The maximum absolute atomic E-state index is 13.7. The molecule has 0 fully saturated rings. The fourth-order valence-corrected chi connectivity index (χ4v) is 3.88. The molecule has 9 nitrogen and oxygen atoms in total. The Bertz CT molecular complexity index is 1260. The van der Waals surface area contributed by atoms with Crippen LogP contribution in [-0.4, -0.2) is 40.6 Å². The van der Waals surface area contributed by atoms with Crippen LogP contribution in [0, 0.1) is 0 Å². The zero-order chi connectivity index (χ0) is 24.8. The van der Waals surface area contributed by atoms with Gasteiger partial charge >= 0.3 is 5.97 Å². The second-order valence-corrected chi connectivity index (χ2v) is 7.90. The predicted octanol–water partition coefficient (Wildman–Crippen LogP) is 3.97. The largest absolute Gasteiger partial charge is 0.480 e. The molecule has 35 heavy (non-hydrogen) atoms. The molecule has 0 amide bonds. The normalized spacial score (nSPS) is 16.4. The van der Waals surface area contributed by atoms with Crippen LogP contribution in [0.3, 0.4) is 0 Å². The molecule has 9 heteroatoms. The van der Waals surface area contributed by atoms with E-state index in [0.717, 1.165) is 0 Å². The highest BCUT2D eigenvalue weighted by atomic mass is 16.4. The standard InChI is InChI=1S/C26H24N2O7/c27-20(26(31)32)8-1-2-10-28-21(15-19-7-4-12-34-19)25(30)23(24(28)22-9-5-13-35-22)17(16-29)14-18-6-3-11-33-18/h3-7,9,11-16,20H,1-2,8,10,27H2,(H,31,32)/b17-14-,21-15-. The van der Waals surface area contributed by atoms with Crippen LogP contribution < -0.4 is 5.73 Å². The van der Waals surface area contributed by atoms with Crippen molar-refractivity contribution in [2.45, 2.75) is 25.3 Å². The Morgan fingerprint density at radius 3 is 2.31 bits per heavy atom. The average Bonchev–Trinajstić information content (AvgIpc) is 3.65. The number of carbonyl (C=O) groups is 3. The second kappa shape index (κ2) is 10.7. The van der Waals surface area contributed by atoms with Crippen molar-refractivity contribution in [3.63, 3.8) is 0 Å². The Kier molecular flexibility index (Phi) is 7.27. The summed E-state index contributed by atoms with van der Waals surface area (Å²) in [7, 11) is 0. The summed E-state index contributed by atoms with van der Waals surface area (Å²) in [4.78, 5) is 38.7. The zero-order valence-corrected chi connectivity index (χ0v) is 18.8. The second-order valence-electron chi connectivity index (χ2n) is 7.90. The van der Waals surface area contributed by atoms with Gasteiger partial charge in [-0.15, -0.1) is 0 Å². The summed E-state index contributed by atoms with van der Waals surface area (Å²) < 4.78 is 16.4. The number of hydrogen-bond donors (Lipinski definition) is 2. The first kappa shape index (κ1) is 23.8. The molecule has 1 atom stereocenters. The van der Waals surface area contributed by atoms with E-state index in [9.17, 15) is 14.4 Å². The molecule has 1 aliphatic rings. The van der Waals surface area contributed by atoms with Crippen LogP contribution >= 0.6 is 0 Å². The van der Waals surface area contributed by atoms with Gasteiger partial charge in [0.05, 0.1) is 35.8 Å². The van der Waals surface area contributed by atoms with Gasteiger partial charge in [-0.25, -0.2) is 0 Å². The first-order chi connectivity index (χ1) is 17.0. The van der Waals surface area contributed by atoms with Crippen molar-refractivity contribution in [2.24, 2.45) is 5.73 Å². The number of furan rings is 3. The fraction of sp³-hybridized carbons (Fsp3) is 0.192. The van der Waals surface area contributed by atoms with Gasteiger partial charge < -0.3 is 29.0 Å². The number of unbranched alkanes of at least 4 members (excludes halogenated alkanes) is 1. The summed E-state index contributed by atoms with van der Waals surface area (Å²) in [5.41, 5.74) is 6.67. The summed E-state index contributed by atoms with van der Waals surface area (Å²) in [5.74, 6) is -0.139. The minimum absolute atomic E-state index is 0.136. The first-order valence-corrected chi connectivity index (χ1v) is 11.0. The Labute approximate surface area is 200 Å². The lowest BCUT2D eigenvalue weighted by Crippen LogP contribution is -2.30. The summed E-state index contributed by atoms with van der Waals surface area (Å²) in [5, 5.41) is 9.04. The van der Waals surface area contributed by atoms with Gasteiger partial charge in [0, 0.05) is 18.2 Å². The van der Waals surface area contributed by atoms with Gasteiger partial charge in [0.1, 0.15) is 17.6 Å². The number of carboxylic acids is 1. The minimum Gasteiger partial charge on any atom is -0.480 e. The average molecular weight is 476 g/mol. The van der Waals surface area contributed by atoms with Gasteiger partial charge in [-0.3, -0.25) is 14.4 Å². The minimum atomic E-state index is -1.06. The van der Waals surface area contributed by atoms with E-state index in [2.05, 4.69) is 0 Å². The van der Waals surface area contributed by atoms with Crippen LogP contribution in [-0.2, 0) is 14.4 Å². The number of rotatable bonds is 11. The maximum atomic E-state index is 13.7. The highest BCUT2D eigenvalue weighted by molar-refractivity contribution is 6.25. The maximum Gasteiger partial charge on any atom is 0.320 e. The number of aliphatic carboxylic acids is 1. The third-order valence-electron chi connectivity index (χ3n) is 5.55. The molecule has 3 N–H and O–H groups in total. The molecule has 4 rings (SSSR count). The van der Waals surface area contributed by atoms with Crippen LogP contribution in [0.2, 0.25) is 0 Å². The number of ketones is 1. The smallest absolute Gasteiger partial charge is 0.320 e. The van der Waals surface area contributed by atoms with Crippen LogP contribution in [0.15, 0.2) is 85.3 Å². The van der Waals surface area contributed by atoms with Crippen molar-refractivity contribution in [1.82, 2.24) is 4.90 Å². The van der Waals surface area contributed by atoms with Crippen molar-refractivity contribution < 1.29 is 32.7 Å². The number of hydrogen-bond acceptors (Lipinski definition) is 8. The van der Waals surface area contributed by atoms with Crippen LogP contribution in [0.5, 0.6) is 0 Å². The van der Waals surface area contributed by atoms with Gasteiger partial charge in [0.15, 0.2) is 12.0 Å². The summed E-state index contributed by atoms with van der Waals surface area (Å²) >= 11 is 0. The van der Waals surface area contributed by atoms with Gasteiger partial charge in [-0.2, -0.15) is 0 Å². The van der Waals surface area contributed by atoms with Crippen molar-refractivity contribution in [1.29, 1.82) is 0 Å². The lowest BCUT2D eigenvalue weighted by Gasteiger charge is -2.22. The number of allylic oxidation sites excluding steroid dienone is 2. The molecule has 0 spiro atoms. The molecule has 4 heterocycles. The Balaban J connectivity index is 1.77. The van der Waals surface area contributed by atoms with Crippen molar-refractivity contribution >= 4 is 35.9 Å². The molecule has 0 saturated heterocycles. The fourth-order valence-electron chi connectivity index (χ4n) is 3.88. The molecule has 3 aromatic heterocycles. The molecule has 180 valence electrons. The summed E-state index contributed by atoms with van der Waals surface area (Å²) in [6.07, 6.45) is 9.54. The molecule has 0 radical (unpaired) electrons. The van der Waals surface area contributed by atoms with E-state index in [1.165, 1.54) is 24.9 Å². The lowest BCUT2D eigenvalue weighted by atomic mass is 10.00. The number of nitrogens with zero attached hydrogens (tertiary/aromatic N) is 1. The Morgan fingerprint density at radius 2 is 1.71 bits per heavy atom. The molecule has 0 aromatic carbocycles. The number of carboxylic acid groups (broad SMARTS) is 1. The molecule has 0 bridgehead atoms. The van der Waals surface area contributed by atoms with Crippen molar-refractivity contribution in [2.75, 3.05) is 6.54 Å². The molecular formula is C26H24N2O7. The highest BCUT2D eigenvalue weighted by Gasteiger charge is 2.38. The van der Waals surface area contributed by atoms with Gasteiger partial charge in [-0.05, 0) is 61.7 Å². The van der Waals surface area contributed by atoms with E-state index in [0.29, 0.717) is 60.8 Å². The van der Waals surface area contributed by atoms with E-state index in [1.54, 1.807) is 47.4 Å². The SMILES string of the molecule is NC(CCCCN1C(c2ccco2)=C(/C(C=O)=C\c2ccco2)C(=O)/C1=C/c1ccco1)C(=O)O. The lowest BCUT2D eigenvalue weighted by molar-refractivity contribution is -0.138. The third kappa shape index (κ3) is 5.25. The molecular weight excluding hydrogens is 452 g/mol. The number of nitrogens with two attached hydrogens (primary N) is 1. The Hall–Kier alpha value is -4.37. The van der Waals surface area contributed by atoms with Crippen LogP contribution in [0.25, 0.3) is 17.8 Å². The quantitative estimate of drug-likeness (QED) is 0.239. The van der Waals surface area contributed by atoms with Gasteiger partial charge in [0.25, 0.3) is 0 Å². The van der Waals surface area contributed by atoms with E-state index < -0.39 is 12.0 Å². The van der Waals surface area contributed by atoms with Crippen LogP contribution in [0.1, 0.15) is 36.5 Å². The number of aldehydes is 1. The molecule has 0 saturated carbocycles. The van der Waals surface area contributed by atoms with Crippen molar-refractivity contribution in [3.8, 4) is 0 Å². The van der Waals surface area contributed by atoms with E-state index in [4.69, 9.17) is 24.1 Å². The molecule has 1 aliphatic heterocycles. The monoisotopic (exact) mass is 476 g/mol. The molecule has 3 aromatic rings. The van der Waals surface area contributed by atoms with Crippen LogP contribution in [0.4, 0.5) is 0 Å². The summed E-state index contributed by atoms with van der Waals surface area (Å²) in [6.45, 7) is 0.358. The topological polar surface area (TPSA) is 140 Å². The molecule has 0 aliphatic carbocycles. The van der Waals surface area contributed by atoms with Crippen molar-refractivity contribution in [3.05, 3.63) is 89.3 Å². The third-order valence-corrected chi connectivity index (χ3v) is 5.55. The zero-order valence-electron chi connectivity index (χ0n) is 18.8. The number of Topliss-reactive ketones (excluding diaryl/α,β-unsaturated/α-hetero) is 1.